The van der Waals surface area contributed by atoms with Gasteiger partial charge in [0.15, 0.2) is 0 Å². The van der Waals surface area contributed by atoms with Crippen LogP contribution >= 0.6 is 0 Å². The van der Waals surface area contributed by atoms with Crippen LogP contribution in [0.1, 0.15) is 82.2 Å². The van der Waals surface area contributed by atoms with Gasteiger partial charge in [-0.15, -0.1) is 0 Å². The summed E-state index contributed by atoms with van der Waals surface area (Å²) in [6, 6.07) is 37.3. The molecule has 6 aromatic rings. The highest BCUT2D eigenvalue weighted by molar-refractivity contribution is 5.92. The largest absolute Gasteiger partial charge is 0.478 e. The van der Waals surface area contributed by atoms with E-state index >= 15 is 0 Å². The summed E-state index contributed by atoms with van der Waals surface area (Å²) in [4.78, 5) is 48.6. The summed E-state index contributed by atoms with van der Waals surface area (Å²) in [6.45, 7) is 1.44. The molecule has 69 heavy (non-hydrogen) atoms. The highest BCUT2D eigenvalue weighted by Gasteiger charge is 2.37. The van der Waals surface area contributed by atoms with Gasteiger partial charge in [-0.05, 0) is 85.8 Å². The number of benzene rings is 4. The Bertz CT molecular complexity index is 2640. The Morgan fingerprint density at radius 3 is 1.36 bits per heavy atom. The first-order chi connectivity index (χ1) is 33.4. The SMILES string of the molecule is COCC[C@@H]1C[C@@H](NC(=O)Nc2cc(-c3ccc(C(=O)O)cc3)nn2C)[C@H](c2ccccc2)C1.COCC[C@@H]1C[C@@H](NC(=O)Nc2cc(-c3ccc(C(=O)OC)cc3)nn2C)[C@H](c2ccccc2)C1. The number of nitrogens with one attached hydrogen (secondary N) is 4. The second-order valence-corrected chi connectivity index (χ2v) is 17.7. The predicted octanol–water partition coefficient (Wildman–Crippen LogP) is 9.10. The lowest BCUT2D eigenvalue weighted by Crippen LogP contribution is -2.39. The van der Waals surface area contributed by atoms with Gasteiger partial charge >= 0.3 is 24.0 Å². The Morgan fingerprint density at radius 2 is 0.986 bits per heavy atom. The maximum atomic E-state index is 13.0. The molecule has 0 bridgehead atoms. The number of urea groups is 2. The number of carbonyl (C=O) groups excluding carboxylic acids is 3. The molecule has 6 atom stereocenters. The summed E-state index contributed by atoms with van der Waals surface area (Å²) in [5.41, 5.74) is 6.12. The fraction of sp³-hybridized carbons (Fsp3) is 0.358. The van der Waals surface area contributed by atoms with Crippen LogP contribution in [-0.4, -0.2) is 95.3 Å². The van der Waals surface area contributed by atoms with E-state index in [1.54, 1.807) is 68.0 Å². The number of hydrogen-bond acceptors (Lipinski definition) is 9. The fourth-order valence-corrected chi connectivity index (χ4v) is 9.55. The summed E-state index contributed by atoms with van der Waals surface area (Å²) in [7, 11) is 8.34. The third-order valence-corrected chi connectivity index (χ3v) is 13.1. The minimum Gasteiger partial charge on any atom is -0.478 e. The van der Waals surface area contributed by atoms with Crippen molar-refractivity contribution in [3.05, 3.63) is 144 Å². The summed E-state index contributed by atoms with van der Waals surface area (Å²) >= 11 is 0. The molecule has 16 heteroatoms. The predicted molar refractivity (Wildman–Crippen MR) is 264 cm³/mol. The molecule has 5 N–H and O–H groups in total. The van der Waals surface area contributed by atoms with Crippen molar-refractivity contribution < 1.29 is 38.5 Å². The number of nitrogens with zero attached hydrogens (tertiary/aromatic N) is 4. The topological polar surface area (TPSA) is 200 Å². The minimum atomic E-state index is -0.975. The molecule has 362 valence electrons. The highest BCUT2D eigenvalue weighted by Crippen LogP contribution is 2.41. The van der Waals surface area contributed by atoms with Crippen LogP contribution in [0.4, 0.5) is 21.2 Å². The van der Waals surface area contributed by atoms with Gasteiger partial charge in [-0.2, -0.15) is 10.2 Å². The van der Waals surface area contributed by atoms with Crippen LogP contribution < -0.4 is 21.3 Å². The van der Waals surface area contributed by atoms with E-state index in [2.05, 4.69) is 55.7 Å². The highest BCUT2D eigenvalue weighted by atomic mass is 16.5. The van der Waals surface area contributed by atoms with E-state index < -0.39 is 5.97 Å². The number of aromatic carboxylic acids is 1. The van der Waals surface area contributed by atoms with Gasteiger partial charge < -0.3 is 30.0 Å². The number of carboxylic acid groups (broad SMARTS) is 1. The summed E-state index contributed by atoms with van der Waals surface area (Å²) < 4.78 is 18.5. The second-order valence-electron chi connectivity index (χ2n) is 17.7. The van der Waals surface area contributed by atoms with E-state index in [1.807, 2.05) is 54.6 Å². The molecule has 2 aliphatic rings. The molecule has 2 fully saturated rings. The van der Waals surface area contributed by atoms with Crippen molar-refractivity contribution in [2.45, 2.75) is 62.4 Å². The lowest BCUT2D eigenvalue weighted by atomic mass is 9.93. The first kappa shape index (κ1) is 49.6. The number of carbonyl (C=O) groups is 4. The number of aromatic nitrogens is 4. The summed E-state index contributed by atoms with van der Waals surface area (Å²) in [5, 5.41) is 30.3. The van der Waals surface area contributed by atoms with Crippen molar-refractivity contribution in [2.24, 2.45) is 25.9 Å². The van der Waals surface area contributed by atoms with Gasteiger partial charge in [-0.3, -0.25) is 20.0 Å². The number of anilines is 2. The summed E-state index contributed by atoms with van der Waals surface area (Å²) in [5.74, 6) is 1.29. The molecule has 4 aromatic carbocycles. The fourth-order valence-electron chi connectivity index (χ4n) is 9.55. The van der Waals surface area contributed by atoms with Gasteiger partial charge in [0.2, 0.25) is 0 Å². The third kappa shape index (κ3) is 13.0. The number of methoxy groups -OCH3 is 3. The molecule has 8 rings (SSSR count). The normalized spacial score (nSPS) is 19.5. The Labute approximate surface area is 402 Å². The zero-order valence-corrected chi connectivity index (χ0v) is 39.8. The second kappa shape index (κ2) is 23.6. The molecule has 16 nitrogen and oxygen atoms in total. The van der Waals surface area contributed by atoms with E-state index in [-0.39, 0.29) is 47.5 Å². The Hall–Kier alpha value is -7.30. The molecule has 0 spiro atoms. The molecule has 4 amide bonds. The maximum absolute atomic E-state index is 13.0. The molecule has 2 heterocycles. The van der Waals surface area contributed by atoms with Crippen LogP contribution in [0.3, 0.4) is 0 Å². The van der Waals surface area contributed by atoms with Crippen molar-refractivity contribution in [2.75, 3.05) is 45.2 Å². The van der Waals surface area contributed by atoms with Gasteiger partial charge in [0, 0.05) is 88.7 Å². The lowest BCUT2D eigenvalue weighted by molar-refractivity contribution is 0.0599. The molecule has 0 saturated heterocycles. The van der Waals surface area contributed by atoms with Crippen molar-refractivity contribution >= 4 is 35.6 Å². The number of amides is 4. The lowest BCUT2D eigenvalue weighted by Gasteiger charge is -2.21. The van der Waals surface area contributed by atoms with Crippen LogP contribution in [0.2, 0.25) is 0 Å². The van der Waals surface area contributed by atoms with Gasteiger partial charge in [-0.25, -0.2) is 19.2 Å². The monoisotopic (exact) mass is 938 g/mol. The molecule has 0 unspecified atom stereocenters. The van der Waals surface area contributed by atoms with Gasteiger partial charge in [0.05, 0.1) is 29.6 Å². The van der Waals surface area contributed by atoms with Crippen LogP contribution in [0.25, 0.3) is 22.5 Å². The number of hydrogen-bond donors (Lipinski definition) is 5. The molecule has 0 aliphatic heterocycles. The number of carboxylic acids is 1. The van der Waals surface area contributed by atoms with Crippen LogP contribution in [-0.2, 0) is 28.3 Å². The molecular formula is C53H62N8O8. The third-order valence-electron chi connectivity index (χ3n) is 13.1. The minimum absolute atomic E-state index is 0.0283. The van der Waals surface area contributed by atoms with E-state index in [0.29, 0.717) is 40.4 Å². The first-order valence-electron chi connectivity index (χ1n) is 23.3. The van der Waals surface area contributed by atoms with E-state index in [4.69, 9.17) is 19.3 Å². The van der Waals surface area contributed by atoms with Crippen molar-refractivity contribution in [1.82, 2.24) is 30.2 Å². The average Bonchev–Trinajstić information content (AvgIpc) is 4.16. The Morgan fingerprint density at radius 1 is 0.580 bits per heavy atom. The Balaban J connectivity index is 0.000000204. The molecule has 2 saturated carbocycles. The zero-order chi connectivity index (χ0) is 48.9. The number of ether oxygens (including phenoxy) is 3. The average molecular weight is 939 g/mol. The van der Waals surface area contributed by atoms with Gasteiger partial charge in [0.1, 0.15) is 11.6 Å². The van der Waals surface area contributed by atoms with Crippen molar-refractivity contribution in [3.63, 3.8) is 0 Å². The molecule has 0 radical (unpaired) electrons. The van der Waals surface area contributed by atoms with Crippen molar-refractivity contribution in [1.29, 1.82) is 0 Å². The number of aryl methyl sites for hydroxylation is 2. The smallest absolute Gasteiger partial charge is 0.337 e. The molecule has 2 aliphatic carbocycles. The first-order valence-corrected chi connectivity index (χ1v) is 23.3. The quantitative estimate of drug-likeness (QED) is 0.0583. The van der Waals surface area contributed by atoms with Gasteiger partial charge in [0.25, 0.3) is 0 Å². The van der Waals surface area contributed by atoms with Crippen LogP contribution in [0, 0.1) is 11.8 Å². The zero-order valence-electron chi connectivity index (χ0n) is 39.8. The van der Waals surface area contributed by atoms with Crippen LogP contribution in [0.5, 0.6) is 0 Å². The summed E-state index contributed by atoms with van der Waals surface area (Å²) in [6.07, 6.45) is 5.82. The standard InChI is InChI=1S/C27H32N4O4.C26H30N4O4/c1-31-25(17-23(30-31)20-9-11-21(12-10-20)26(32)35-3)29-27(33)28-24-16-18(13-14-34-2)15-22(24)19-7-5-4-6-8-19;1-30-24(16-22(29-30)19-8-10-20(11-9-19)25(31)32)28-26(33)27-23-15-17(12-13-34-2)14-21(23)18-6-4-3-5-7-18/h4-12,17-18,22,24H,13-16H2,1-3H3,(H2,28,29,33);3-11,16-17,21,23H,12-15H2,1-2H3,(H,31,32)(H2,27,28,33)/t18-,22-,24+;17-,21-,23+/m00/s1. The molecule has 2 aromatic heterocycles. The number of esters is 1. The van der Waals surface area contributed by atoms with E-state index in [1.165, 1.54) is 30.4 Å². The van der Waals surface area contributed by atoms with Gasteiger partial charge in [-0.1, -0.05) is 84.9 Å². The van der Waals surface area contributed by atoms with E-state index in [0.717, 1.165) is 62.9 Å². The van der Waals surface area contributed by atoms with Crippen molar-refractivity contribution in [3.8, 4) is 22.5 Å². The maximum Gasteiger partial charge on any atom is 0.337 e. The molecular weight excluding hydrogens is 877 g/mol. The number of rotatable bonds is 16. The van der Waals surface area contributed by atoms with E-state index in [9.17, 15) is 19.2 Å². The van der Waals surface area contributed by atoms with Crippen LogP contribution in [0.15, 0.2) is 121 Å². The Kier molecular flexibility index (Phi) is 17.0.